The van der Waals surface area contributed by atoms with E-state index in [0.29, 0.717) is 10.6 Å². The molecule has 0 heterocycles. The Morgan fingerprint density at radius 1 is 1.33 bits per heavy atom. The first kappa shape index (κ1) is 15.5. The molecule has 0 saturated heterocycles. The quantitative estimate of drug-likeness (QED) is 0.530. The van der Waals surface area contributed by atoms with E-state index in [1.54, 1.807) is 24.3 Å². The van der Waals surface area contributed by atoms with Gasteiger partial charge in [-0.1, -0.05) is 23.7 Å². The summed E-state index contributed by atoms with van der Waals surface area (Å²) in [4.78, 5) is 10.9. The van der Waals surface area contributed by atoms with E-state index in [1.807, 2.05) is 6.92 Å². The molecule has 0 aromatic heterocycles. The average molecular weight is 325 g/mol. The average Bonchev–Trinajstić information content (AvgIpc) is 2.40. The first-order valence-electron chi connectivity index (χ1n) is 6.06. The highest BCUT2D eigenvalue weighted by Gasteiger charge is 2.20. The van der Waals surface area contributed by atoms with Crippen LogP contribution in [-0.2, 0) is 16.6 Å². The molecule has 0 aliphatic carbocycles. The van der Waals surface area contributed by atoms with E-state index in [-0.39, 0.29) is 22.0 Å². The molecule has 2 rings (SSSR count). The van der Waals surface area contributed by atoms with Crippen LogP contribution in [0.25, 0.3) is 0 Å². The van der Waals surface area contributed by atoms with Gasteiger partial charge < -0.3 is 5.73 Å². The number of nitrogens with two attached hydrogens (primary N) is 1. The summed E-state index contributed by atoms with van der Waals surface area (Å²) >= 11 is 6.00. The van der Waals surface area contributed by atoms with Crippen LogP contribution in [0.5, 0.6) is 0 Å². The molecule has 21 heavy (non-hydrogen) atoms. The zero-order valence-electron chi connectivity index (χ0n) is 11.2. The molecule has 2 aromatic carbocycles. The molecule has 2 aromatic rings. The van der Waals surface area contributed by atoms with Crippen molar-refractivity contribution in [1.82, 2.24) is 0 Å². The maximum atomic E-state index is 12.4. The minimum atomic E-state index is -1.51. The van der Waals surface area contributed by atoms with Gasteiger partial charge in [0.25, 0.3) is 5.69 Å². The minimum absolute atomic E-state index is 0.0523. The number of aryl methyl sites for hydroxylation is 1. The molecular weight excluding hydrogens is 312 g/mol. The Labute approximate surface area is 129 Å². The lowest BCUT2D eigenvalue weighted by atomic mass is 10.2. The maximum absolute atomic E-state index is 12.4. The number of hydrogen-bond donors (Lipinski definition) is 1. The van der Waals surface area contributed by atoms with Gasteiger partial charge in [-0.15, -0.1) is 0 Å². The number of hydrogen-bond acceptors (Lipinski definition) is 4. The molecule has 7 heteroatoms. The summed E-state index contributed by atoms with van der Waals surface area (Å²) in [6.45, 7) is 1.88. The van der Waals surface area contributed by atoms with Crippen LogP contribution in [0.2, 0.25) is 5.02 Å². The summed E-state index contributed by atoms with van der Waals surface area (Å²) in [6, 6.07) is 9.56. The molecule has 0 radical (unpaired) electrons. The Morgan fingerprint density at radius 3 is 2.67 bits per heavy atom. The fourth-order valence-electron chi connectivity index (χ4n) is 1.95. The summed E-state index contributed by atoms with van der Waals surface area (Å²) in [5, 5.41) is 11.3. The van der Waals surface area contributed by atoms with Gasteiger partial charge in [-0.25, -0.2) is 0 Å². The Balaban J connectivity index is 2.38. The smallest absolute Gasteiger partial charge is 0.275 e. The topological polar surface area (TPSA) is 86.2 Å². The van der Waals surface area contributed by atoms with Crippen LogP contribution in [0.3, 0.4) is 0 Å². The number of anilines is 1. The lowest BCUT2D eigenvalue weighted by Crippen LogP contribution is -2.04. The summed E-state index contributed by atoms with van der Waals surface area (Å²) in [5.41, 5.74) is 7.33. The molecule has 2 N–H and O–H groups in total. The predicted molar refractivity (Wildman–Crippen MR) is 83.8 cm³/mol. The van der Waals surface area contributed by atoms with Crippen LogP contribution in [-0.4, -0.2) is 9.13 Å². The minimum Gasteiger partial charge on any atom is -0.398 e. The molecule has 0 aliphatic heterocycles. The monoisotopic (exact) mass is 324 g/mol. The van der Waals surface area contributed by atoms with Crippen LogP contribution in [0.15, 0.2) is 41.3 Å². The molecular formula is C14H13ClN2O3S. The van der Waals surface area contributed by atoms with Crippen LogP contribution in [0.4, 0.5) is 11.4 Å². The zero-order chi connectivity index (χ0) is 15.6. The van der Waals surface area contributed by atoms with Crippen LogP contribution < -0.4 is 5.73 Å². The first-order valence-corrected chi connectivity index (χ1v) is 7.76. The number of halogens is 1. The van der Waals surface area contributed by atoms with E-state index in [1.165, 1.54) is 12.1 Å². The lowest BCUT2D eigenvalue weighted by Gasteiger charge is -2.08. The van der Waals surface area contributed by atoms with Gasteiger partial charge in [0.15, 0.2) is 0 Å². The summed E-state index contributed by atoms with van der Waals surface area (Å²) in [6.07, 6.45) is 0. The van der Waals surface area contributed by atoms with E-state index in [0.717, 1.165) is 5.56 Å². The number of nitro benzene ring substituents is 1. The number of nitrogen functional groups attached to an aromatic ring is 1. The highest BCUT2D eigenvalue weighted by Crippen LogP contribution is 2.30. The highest BCUT2D eigenvalue weighted by atomic mass is 35.5. The number of nitro groups is 1. The van der Waals surface area contributed by atoms with Gasteiger partial charge >= 0.3 is 0 Å². The highest BCUT2D eigenvalue weighted by molar-refractivity contribution is 7.84. The van der Waals surface area contributed by atoms with E-state index >= 15 is 0 Å². The molecule has 1 unspecified atom stereocenters. The molecule has 0 fully saturated rings. The standard InChI is InChI=1S/C14H13ClN2O3S/c1-9-5-6-14(12(16)7-9)21(20)8-10-11(15)3-2-4-13(10)17(18)19/h2-7H,8,16H2,1H3. The molecule has 5 nitrogen and oxygen atoms in total. The fourth-order valence-corrected chi connectivity index (χ4v) is 3.52. The second-order valence-corrected chi connectivity index (χ2v) is 6.35. The van der Waals surface area contributed by atoms with Crippen molar-refractivity contribution in [2.45, 2.75) is 17.6 Å². The van der Waals surface area contributed by atoms with Gasteiger partial charge in [-0.2, -0.15) is 0 Å². The van der Waals surface area contributed by atoms with Crippen molar-refractivity contribution in [3.63, 3.8) is 0 Å². The van der Waals surface area contributed by atoms with Gasteiger partial charge in [0.05, 0.1) is 37.0 Å². The van der Waals surface area contributed by atoms with Crippen molar-refractivity contribution in [3.8, 4) is 0 Å². The Morgan fingerprint density at radius 2 is 2.05 bits per heavy atom. The third-order valence-electron chi connectivity index (χ3n) is 2.98. The maximum Gasteiger partial charge on any atom is 0.275 e. The van der Waals surface area contributed by atoms with Crippen molar-refractivity contribution >= 4 is 33.8 Å². The van der Waals surface area contributed by atoms with Crippen LogP contribution >= 0.6 is 11.6 Å². The second-order valence-electron chi connectivity index (χ2n) is 4.53. The normalized spacial score (nSPS) is 12.1. The third kappa shape index (κ3) is 3.40. The molecule has 0 spiro atoms. The Kier molecular flexibility index (Phi) is 4.59. The Bertz CT molecular complexity index is 734. The van der Waals surface area contributed by atoms with E-state index in [2.05, 4.69) is 0 Å². The number of benzene rings is 2. The first-order chi connectivity index (χ1) is 9.90. The van der Waals surface area contributed by atoms with Gasteiger partial charge in [0.1, 0.15) is 0 Å². The van der Waals surface area contributed by atoms with E-state index in [9.17, 15) is 14.3 Å². The number of nitrogens with zero attached hydrogens (tertiary/aromatic N) is 1. The van der Waals surface area contributed by atoms with Gasteiger partial charge in [0.2, 0.25) is 0 Å². The van der Waals surface area contributed by atoms with Gasteiger partial charge in [-0.3, -0.25) is 14.3 Å². The second kappa shape index (κ2) is 6.24. The van der Waals surface area contributed by atoms with Crippen LogP contribution in [0.1, 0.15) is 11.1 Å². The van der Waals surface area contributed by atoms with Crippen molar-refractivity contribution < 1.29 is 9.13 Å². The van der Waals surface area contributed by atoms with Crippen molar-refractivity contribution in [2.24, 2.45) is 0 Å². The van der Waals surface area contributed by atoms with E-state index < -0.39 is 15.7 Å². The van der Waals surface area contributed by atoms with E-state index in [4.69, 9.17) is 17.3 Å². The summed E-state index contributed by atoms with van der Waals surface area (Å²) in [7, 11) is -1.51. The lowest BCUT2D eigenvalue weighted by molar-refractivity contribution is -0.385. The SMILES string of the molecule is Cc1ccc(S(=O)Cc2c(Cl)cccc2[N+](=O)[O-])c(N)c1. The molecule has 1 atom stereocenters. The molecule has 0 saturated carbocycles. The summed E-state index contributed by atoms with van der Waals surface area (Å²) < 4.78 is 12.4. The van der Waals surface area contributed by atoms with Crippen molar-refractivity contribution in [3.05, 3.63) is 62.7 Å². The molecule has 0 aliphatic rings. The van der Waals surface area contributed by atoms with Gasteiger partial charge in [0, 0.05) is 11.8 Å². The molecule has 0 bridgehead atoms. The van der Waals surface area contributed by atoms with Crippen LogP contribution in [0, 0.1) is 17.0 Å². The molecule has 110 valence electrons. The zero-order valence-corrected chi connectivity index (χ0v) is 12.8. The summed E-state index contributed by atoms with van der Waals surface area (Å²) in [5.74, 6) is -0.0523. The number of rotatable bonds is 4. The van der Waals surface area contributed by atoms with Crippen molar-refractivity contribution in [1.29, 1.82) is 0 Å². The predicted octanol–water partition coefficient (Wildman–Crippen LogP) is 3.45. The third-order valence-corrected chi connectivity index (χ3v) is 4.74. The molecule has 0 amide bonds. The fraction of sp³-hybridized carbons (Fsp3) is 0.143. The van der Waals surface area contributed by atoms with Crippen molar-refractivity contribution in [2.75, 3.05) is 5.73 Å². The van der Waals surface area contributed by atoms with Gasteiger partial charge in [-0.05, 0) is 30.7 Å². The Hall–Kier alpha value is -1.92. The largest absolute Gasteiger partial charge is 0.398 e.